The van der Waals surface area contributed by atoms with Gasteiger partial charge >= 0.3 is 0 Å². The Labute approximate surface area is 178 Å². The second-order valence-electron chi connectivity index (χ2n) is 7.52. The van der Waals surface area contributed by atoms with E-state index in [1.807, 2.05) is 24.3 Å². The normalized spacial score (nSPS) is 16.1. The van der Waals surface area contributed by atoms with Crippen LogP contribution in [0.5, 0.6) is 0 Å². The van der Waals surface area contributed by atoms with Crippen LogP contribution >= 0.6 is 11.6 Å². The van der Waals surface area contributed by atoms with Crippen LogP contribution in [0.15, 0.2) is 65.3 Å². The lowest BCUT2D eigenvalue weighted by Crippen LogP contribution is -2.41. The van der Waals surface area contributed by atoms with E-state index < -0.39 is 11.9 Å². The largest absolute Gasteiger partial charge is 0.469 e. The fraction of sp³-hybridized carbons (Fsp3) is 0.208. The molecule has 0 aliphatic carbocycles. The molecular formula is C24H20ClFN2O2. The number of nitrogens with one attached hydrogen (secondary N) is 1. The molecule has 2 aromatic heterocycles. The number of carbonyl (C=O) groups excluding carboxylic acids is 1. The highest BCUT2D eigenvalue weighted by atomic mass is 35.5. The second kappa shape index (κ2) is 7.65. The number of fused-ring (bicyclic) bond motifs is 3. The van der Waals surface area contributed by atoms with Gasteiger partial charge in [0.2, 0.25) is 5.91 Å². The van der Waals surface area contributed by atoms with Crippen LogP contribution in [0.2, 0.25) is 5.02 Å². The summed E-state index contributed by atoms with van der Waals surface area (Å²) in [6, 6.07) is 15.7. The lowest BCUT2D eigenvalue weighted by Gasteiger charge is -2.37. The summed E-state index contributed by atoms with van der Waals surface area (Å²) in [5.74, 6) is 0.287. The van der Waals surface area contributed by atoms with Crippen molar-refractivity contribution in [2.24, 2.45) is 0 Å². The van der Waals surface area contributed by atoms with Gasteiger partial charge in [-0.05, 0) is 42.3 Å². The van der Waals surface area contributed by atoms with E-state index in [1.54, 1.807) is 29.4 Å². The Balaban J connectivity index is 1.59. The number of benzene rings is 2. The van der Waals surface area contributed by atoms with Crippen molar-refractivity contribution in [2.75, 3.05) is 6.54 Å². The number of hydrogen-bond acceptors (Lipinski definition) is 2. The molecule has 4 aromatic rings. The zero-order valence-corrected chi connectivity index (χ0v) is 17.0. The van der Waals surface area contributed by atoms with Crippen LogP contribution in [0.3, 0.4) is 0 Å². The number of aromatic amines is 1. The summed E-state index contributed by atoms with van der Waals surface area (Å²) in [7, 11) is 0. The first kappa shape index (κ1) is 18.9. The fourth-order valence-electron chi connectivity index (χ4n) is 4.41. The van der Waals surface area contributed by atoms with E-state index in [0.29, 0.717) is 30.0 Å². The maximum Gasteiger partial charge on any atom is 0.223 e. The molecule has 152 valence electrons. The zero-order valence-electron chi connectivity index (χ0n) is 16.2. The van der Waals surface area contributed by atoms with Gasteiger partial charge in [0.05, 0.1) is 6.26 Å². The lowest BCUT2D eigenvalue weighted by molar-refractivity contribution is -0.133. The number of furan rings is 1. The number of para-hydroxylation sites is 1. The van der Waals surface area contributed by atoms with Gasteiger partial charge in [-0.25, -0.2) is 4.39 Å². The molecule has 0 bridgehead atoms. The Hall–Kier alpha value is -3.05. The SMILES string of the molecule is O=C(CCc1ccco1)N1CCc2c([nH]c3ccccc23)C1c1c(F)cccc1Cl. The van der Waals surface area contributed by atoms with Crippen molar-refractivity contribution in [3.63, 3.8) is 0 Å². The van der Waals surface area contributed by atoms with Gasteiger partial charge in [0.15, 0.2) is 0 Å². The van der Waals surface area contributed by atoms with Crippen molar-refractivity contribution in [1.82, 2.24) is 9.88 Å². The molecule has 1 amide bonds. The summed E-state index contributed by atoms with van der Waals surface area (Å²) in [6.45, 7) is 0.501. The molecule has 0 fully saturated rings. The first-order valence-corrected chi connectivity index (χ1v) is 10.4. The molecule has 1 unspecified atom stereocenters. The van der Waals surface area contributed by atoms with E-state index in [1.165, 1.54) is 6.07 Å². The smallest absolute Gasteiger partial charge is 0.223 e. The Kier molecular flexibility index (Phi) is 4.83. The predicted molar refractivity (Wildman–Crippen MR) is 114 cm³/mol. The number of rotatable bonds is 4. The number of hydrogen-bond donors (Lipinski definition) is 1. The molecule has 0 spiro atoms. The summed E-state index contributed by atoms with van der Waals surface area (Å²) in [6.07, 6.45) is 3.08. The van der Waals surface area contributed by atoms with E-state index in [0.717, 1.165) is 27.9 Å². The van der Waals surface area contributed by atoms with Crippen LogP contribution in [0, 0.1) is 5.82 Å². The van der Waals surface area contributed by atoms with Crippen LogP contribution < -0.4 is 0 Å². The summed E-state index contributed by atoms with van der Waals surface area (Å²) in [5, 5.41) is 1.42. The summed E-state index contributed by atoms with van der Waals surface area (Å²) in [4.78, 5) is 18.4. The minimum atomic E-state index is -0.598. The van der Waals surface area contributed by atoms with E-state index in [-0.39, 0.29) is 12.3 Å². The first-order chi connectivity index (χ1) is 14.6. The number of H-pyrrole nitrogens is 1. The Bertz CT molecular complexity index is 1200. The maximum absolute atomic E-state index is 15.0. The van der Waals surface area contributed by atoms with Crippen LogP contribution in [0.4, 0.5) is 4.39 Å². The van der Waals surface area contributed by atoms with Gasteiger partial charge in [-0.15, -0.1) is 0 Å². The van der Waals surface area contributed by atoms with E-state index in [4.69, 9.17) is 16.0 Å². The number of aromatic nitrogens is 1. The topological polar surface area (TPSA) is 49.2 Å². The van der Waals surface area contributed by atoms with E-state index >= 15 is 0 Å². The van der Waals surface area contributed by atoms with E-state index in [9.17, 15) is 9.18 Å². The van der Waals surface area contributed by atoms with Crippen molar-refractivity contribution in [2.45, 2.75) is 25.3 Å². The van der Waals surface area contributed by atoms with Crippen LogP contribution in [-0.2, 0) is 17.6 Å². The van der Waals surface area contributed by atoms with Crippen molar-refractivity contribution in [3.05, 3.63) is 94.3 Å². The standard InChI is InChI=1S/C24H20ClFN2O2/c25-18-7-3-8-19(26)22(18)24-23-17(16-6-1-2-9-20(16)27-23)12-13-28(24)21(29)11-10-15-5-4-14-30-15/h1-9,14,24,27H,10-13H2. The molecule has 6 heteroatoms. The first-order valence-electron chi connectivity index (χ1n) is 9.98. The third-order valence-electron chi connectivity index (χ3n) is 5.79. The summed E-state index contributed by atoms with van der Waals surface area (Å²) < 4.78 is 20.3. The minimum Gasteiger partial charge on any atom is -0.469 e. The van der Waals surface area contributed by atoms with Crippen molar-refractivity contribution < 1.29 is 13.6 Å². The molecule has 3 heterocycles. The van der Waals surface area contributed by atoms with E-state index in [2.05, 4.69) is 11.1 Å². The highest BCUT2D eigenvalue weighted by molar-refractivity contribution is 6.31. The maximum atomic E-state index is 15.0. The average Bonchev–Trinajstić information content (AvgIpc) is 3.39. The second-order valence-corrected chi connectivity index (χ2v) is 7.92. The molecule has 0 radical (unpaired) electrons. The van der Waals surface area contributed by atoms with Crippen molar-refractivity contribution >= 4 is 28.4 Å². The van der Waals surface area contributed by atoms with Gasteiger partial charge in [0, 0.05) is 46.6 Å². The lowest BCUT2D eigenvalue weighted by atomic mass is 9.91. The number of carbonyl (C=O) groups is 1. The highest BCUT2D eigenvalue weighted by Gasteiger charge is 2.36. The zero-order chi connectivity index (χ0) is 20.7. The molecule has 1 aliphatic rings. The number of nitrogens with zero attached hydrogens (tertiary/aromatic N) is 1. The van der Waals surface area contributed by atoms with Gasteiger partial charge in [-0.1, -0.05) is 35.9 Å². The molecule has 30 heavy (non-hydrogen) atoms. The third-order valence-corrected chi connectivity index (χ3v) is 6.12. The molecule has 4 nitrogen and oxygen atoms in total. The van der Waals surface area contributed by atoms with Gasteiger partial charge in [-0.2, -0.15) is 0 Å². The number of amides is 1. The number of aryl methyl sites for hydroxylation is 1. The highest BCUT2D eigenvalue weighted by Crippen LogP contribution is 2.41. The third kappa shape index (κ3) is 3.19. The van der Waals surface area contributed by atoms with Crippen LogP contribution in [0.25, 0.3) is 10.9 Å². The summed E-state index contributed by atoms with van der Waals surface area (Å²) >= 11 is 6.45. The van der Waals surface area contributed by atoms with Crippen molar-refractivity contribution in [3.8, 4) is 0 Å². The minimum absolute atomic E-state index is 0.0555. The van der Waals surface area contributed by atoms with Gasteiger partial charge < -0.3 is 14.3 Å². The molecule has 1 atom stereocenters. The Morgan fingerprint density at radius 1 is 1.17 bits per heavy atom. The van der Waals surface area contributed by atoms with Crippen LogP contribution in [0.1, 0.15) is 35.0 Å². The van der Waals surface area contributed by atoms with Gasteiger partial charge in [-0.3, -0.25) is 4.79 Å². The Morgan fingerprint density at radius 3 is 2.83 bits per heavy atom. The monoisotopic (exact) mass is 422 g/mol. The van der Waals surface area contributed by atoms with Gasteiger partial charge in [0.1, 0.15) is 17.6 Å². The van der Waals surface area contributed by atoms with Gasteiger partial charge in [0.25, 0.3) is 0 Å². The van der Waals surface area contributed by atoms with Crippen molar-refractivity contribution in [1.29, 1.82) is 0 Å². The quantitative estimate of drug-likeness (QED) is 0.461. The molecule has 1 N–H and O–H groups in total. The predicted octanol–water partition coefficient (Wildman–Crippen LogP) is 5.66. The molecule has 0 saturated heterocycles. The fourth-order valence-corrected chi connectivity index (χ4v) is 4.68. The average molecular weight is 423 g/mol. The molecule has 1 aliphatic heterocycles. The Morgan fingerprint density at radius 2 is 2.03 bits per heavy atom. The molecule has 0 saturated carbocycles. The molecule has 2 aromatic carbocycles. The number of halogens is 2. The molecule has 5 rings (SSSR count). The van der Waals surface area contributed by atoms with Crippen LogP contribution in [-0.4, -0.2) is 22.3 Å². The summed E-state index contributed by atoms with van der Waals surface area (Å²) in [5.41, 5.74) is 3.26. The molecular weight excluding hydrogens is 403 g/mol.